The van der Waals surface area contributed by atoms with Gasteiger partial charge < -0.3 is 20.4 Å². The molecule has 0 atom stereocenters. The van der Waals surface area contributed by atoms with Crippen molar-refractivity contribution in [2.45, 2.75) is 13.5 Å². The zero-order valence-corrected chi connectivity index (χ0v) is 11.3. The van der Waals surface area contributed by atoms with Gasteiger partial charge in [0.05, 0.1) is 25.1 Å². The minimum Gasteiger partial charge on any atom is -0.497 e. The fourth-order valence-corrected chi connectivity index (χ4v) is 1.68. The maximum Gasteiger partial charge on any atom is 0.173 e. The summed E-state index contributed by atoms with van der Waals surface area (Å²) in [7, 11) is 1.55. The topological polar surface area (TPSA) is 94.9 Å². The van der Waals surface area contributed by atoms with E-state index < -0.39 is 0 Å². The van der Waals surface area contributed by atoms with E-state index in [2.05, 4.69) is 10.3 Å². The van der Waals surface area contributed by atoms with Crippen LogP contribution in [0.15, 0.2) is 35.7 Å². The van der Waals surface area contributed by atoms with Crippen LogP contribution in [0.2, 0.25) is 0 Å². The van der Waals surface area contributed by atoms with Crippen LogP contribution in [0.5, 0.6) is 17.2 Å². The van der Waals surface area contributed by atoms with Gasteiger partial charge in [0.1, 0.15) is 11.5 Å². The standard InChI is InChI=1S/C13H16N4O3/c1-3-17-8-10(7-15-17)20-12-6-9(19-2)4-5-11(12)13(14)16-18/h4-8,18H,3H2,1-2H3,(H2,14,16). The molecule has 2 rings (SSSR count). The van der Waals surface area contributed by atoms with Crippen molar-refractivity contribution in [3.8, 4) is 17.2 Å². The number of nitrogens with two attached hydrogens (primary N) is 1. The first kappa shape index (κ1) is 13.7. The van der Waals surface area contributed by atoms with Gasteiger partial charge in [0.25, 0.3) is 0 Å². The van der Waals surface area contributed by atoms with Gasteiger partial charge in [0.15, 0.2) is 11.6 Å². The van der Waals surface area contributed by atoms with Crippen LogP contribution in [0.25, 0.3) is 0 Å². The normalized spacial score (nSPS) is 11.4. The Morgan fingerprint density at radius 1 is 1.45 bits per heavy atom. The van der Waals surface area contributed by atoms with Crippen LogP contribution < -0.4 is 15.2 Å². The molecular formula is C13H16N4O3. The summed E-state index contributed by atoms with van der Waals surface area (Å²) >= 11 is 0. The number of aromatic nitrogens is 2. The van der Waals surface area contributed by atoms with Crippen LogP contribution >= 0.6 is 0 Å². The van der Waals surface area contributed by atoms with Crippen molar-refractivity contribution < 1.29 is 14.7 Å². The number of rotatable bonds is 5. The third kappa shape index (κ3) is 2.82. The lowest BCUT2D eigenvalue weighted by molar-refractivity contribution is 0.318. The largest absolute Gasteiger partial charge is 0.497 e. The predicted octanol–water partition coefficient (Wildman–Crippen LogP) is 1.80. The molecule has 0 unspecified atom stereocenters. The average molecular weight is 276 g/mol. The third-order valence-electron chi connectivity index (χ3n) is 2.73. The molecule has 1 aromatic carbocycles. The Morgan fingerprint density at radius 2 is 2.25 bits per heavy atom. The molecule has 1 heterocycles. The second kappa shape index (κ2) is 5.96. The highest BCUT2D eigenvalue weighted by Crippen LogP contribution is 2.29. The molecule has 0 saturated heterocycles. The van der Waals surface area contributed by atoms with E-state index in [9.17, 15) is 0 Å². The number of oxime groups is 1. The van der Waals surface area contributed by atoms with Gasteiger partial charge in [0.2, 0.25) is 0 Å². The molecule has 0 saturated carbocycles. The maximum atomic E-state index is 8.81. The van der Waals surface area contributed by atoms with E-state index in [0.29, 0.717) is 22.8 Å². The number of benzene rings is 1. The lowest BCUT2D eigenvalue weighted by Crippen LogP contribution is -2.14. The third-order valence-corrected chi connectivity index (χ3v) is 2.73. The highest BCUT2D eigenvalue weighted by atomic mass is 16.5. The van der Waals surface area contributed by atoms with Gasteiger partial charge in [0, 0.05) is 12.6 Å². The van der Waals surface area contributed by atoms with Crippen molar-refractivity contribution in [2.24, 2.45) is 10.9 Å². The Balaban J connectivity index is 2.37. The van der Waals surface area contributed by atoms with Crippen molar-refractivity contribution in [1.82, 2.24) is 9.78 Å². The van der Waals surface area contributed by atoms with Crippen LogP contribution in [-0.2, 0) is 6.54 Å². The van der Waals surface area contributed by atoms with E-state index in [4.69, 9.17) is 20.4 Å². The second-order valence-electron chi connectivity index (χ2n) is 3.98. The van der Waals surface area contributed by atoms with Gasteiger partial charge in [-0.1, -0.05) is 5.16 Å². The first-order valence-electron chi connectivity index (χ1n) is 6.04. The van der Waals surface area contributed by atoms with Crippen LogP contribution in [0.1, 0.15) is 12.5 Å². The molecule has 0 aliphatic heterocycles. The molecule has 20 heavy (non-hydrogen) atoms. The van der Waals surface area contributed by atoms with Crippen LogP contribution in [0.3, 0.4) is 0 Å². The summed E-state index contributed by atoms with van der Waals surface area (Å²) in [5.74, 6) is 1.56. The monoisotopic (exact) mass is 276 g/mol. The molecule has 106 valence electrons. The Morgan fingerprint density at radius 3 is 2.85 bits per heavy atom. The van der Waals surface area contributed by atoms with Gasteiger partial charge in [-0.15, -0.1) is 0 Å². The Bertz CT molecular complexity index is 622. The zero-order valence-electron chi connectivity index (χ0n) is 11.3. The number of ether oxygens (including phenoxy) is 2. The van der Waals surface area contributed by atoms with Gasteiger partial charge >= 0.3 is 0 Å². The molecule has 0 spiro atoms. The second-order valence-corrected chi connectivity index (χ2v) is 3.98. The molecule has 0 radical (unpaired) electrons. The highest BCUT2D eigenvalue weighted by Gasteiger charge is 2.12. The summed E-state index contributed by atoms with van der Waals surface area (Å²) in [4.78, 5) is 0. The van der Waals surface area contributed by atoms with E-state index >= 15 is 0 Å². The molecular weight excluding hydrogens is 260 g/mol. The minimum atomic E-state index is -0.0365. The molecule has 0 aliphatic rings. The lowest BCUT2D eigenvalue weighted by atomic mass is 10.1. The number of hydrogen-bond donors (Lipinski definition) is 2. The van der Waals surface area contributed by atoms with Crippen LogP contribution in [0.4, 0.5) is 0 Å². The molecule has 3 N–H and O–H groups in total. The summed E-state index contributed by atoms with van der Waals surface area (Å²) in [6.45, 7) is 2.72. The van der Waals surface area contributed by atoms with E-state index in [0.717, 1.165) is 6.54 Å². The molecule has 0 amide bonds. The molecule has 1 aromatic heterocycles. The first-order chi connectivity index (χ1) is 9.67. The van der Waals surface area contributed by atoms with Crippen molar-refractivity contribution in [2.75, 3.05) is 7.11 Å². The predicted molar refractivity (Wildman–Crippen MR) is 73.5 cm³/mol. The van der Waals surface area contributed by atoms with E-state index in [1.807, 2.05) is 6.92 Å². The molecule has 2 aromatic rings. The Labute approximate surface area is 116 Å². The molecule has 0 bridgehead atoms. The zero-order chi connectivity index (χ0) is 14.5. The quantitative estimate of drug-likeness (QED) is 0.376. The molecule has 0 aliphatic carbocycles. The number of amidine groups is 1. The number of methoxy groups -OCH3 is 1. The van der Waals surface area contributed by atoms with E-state index in [1.54, 1.807) is 42.4 Å². The van der Waals surface area contributed by atoms with Crippen molar-refractivity contribution in [3.63, 3.8) is 0 Å². The van der Waals surface area contributed by atoms with Gasteiger partial charge in [-0.3, -0.25) is 4.68 Å². The number of hydrogen-bond acceptors (Lipinski definition) is 5. The van der Waals surface area contributed by atoms with Gasteiger partial charge in [-0.2, -0.15) is 5.10 Å². The van der Waals surface area contributed by atoms with Crippen molar-refractivity contribution in [1.29, 1.82) is 0 Å². The SMILES string of the molecule is CCn1cc(Oc2cc(OC)ccc2/C(N)=N/O)cn1. The summed E-state index contributed by atoms with van der Waals surface area (Å²) in [5, 5.41) is 15.9. The minimum absolute atomic E-state index is 0.0365. The smallest absolute Gasteiger partial charge is 0.173 e. The Hall–Kier alpha value is -2.70. The summed E-state index contributed by atoms with van der Waals surface area (Å²) in [6, 6.07) is 5.03. The molecule has 7 nitrogen and oxygen atoms in total. The van der Waals surface area contributed by atoms with E-state index in [1.165, 1.54) is 0 Å². The number of aryl methyl sites for hydroxylation is 1. The average Bonchev–Trinajstić information content (AvgIpc) is 2.94. The lowest BCUT2D eigenvalue weighted by Gasteiger charge is -2.10. The summed E-state index contributed by atoms with van der Waals surface area (Å²) in [6.07, 6.45) is 3.36. The van der Waals surface area contributed by atoms with Crippen LogP contribution in [-0.4, -0.2) is 27.9 Å². The van der Waals surface area contributed by atoms with Crippen molar-refractivity contribution in [3.05, 3.63) is 36.2 Å². The fraction of sp³-hybridized carbons (Fsp3) is 0.231. The van der Waals surface area contributed by atoms with Crippen molar-refractivity contribution >= 4 is 5.84 Å². The summed E-state index contributed by atoms with van der Waals surface area (Å²) in [5.41, 5.74) is 6.10. The maximum absolute atomic E-state index is 8.81. The van der Waals surface area contributed by atoms with Crippen LogP contribution in [0, 0.1) is 0 Å². The Kier molecular flexibility index (Phi) is 4.09. The van der Waals surface area contributed by atoms with Gasteiger partial charge in [-0.25, -0.2) is 0 Å². The fourth-order valence-electron chi connectivity index (χ4n) is 1.68. The first-order valence-corrected chi connectivity index (χ1v) is 6.04. The summed E-state index contributed by atoms with van der Waals surface area (Å²) < 4.78 is 12.6. The van der Waals surface area contributed by atoms with Gasteiger partial charge in [-0.05, 0) is 19.1 Å². The molecule has 7 heteroatoms. The highest BCUT2D eigenvalue weighted by molar-refractivity contribution is 5.99. The number of nitrogens with zero attached hydrogens (tertiary/aromatic N) is 3. The molecule has 0 fully saturated rings. The van der Waals surface area contributed by atoms with E-state index in [-0.39, 0.29) is 5.84 Å².